The summed E-state index contributed by atoms with van der Waals surface area (Å²) in [5, 5.41) is -0.120. The fourth-order valence-corrected chi connectivity index (χ4v) is 1.27. The number of rotatable bonds is 1. The maximum atomic E-state index is 12.6. The average Bonchev–Trinajstić information content (AvgIpc) is 1.94. The van der Waals surface area contributed by atoms with Gasteiger partial charge < -0.3 is 0 Å². The van der Waals surface area contributed by atoms with Gasteiger partial charge in [-0.1, -0.05) is 6.07 Å². The van der Waals surface area contributed by atoms with Crippen LogP contribution in [0.2, 0.25) is 0 Å². The first-order chi connectivity index (χ1) is 5.11. The van der Waals surface area contributed by atoms with E-state index in [1.165, 1.54) is 12.1 Å². The molecule has 0 aromatic heterocycles. The molecule has 1 aromatic rings. The lowest BCUT2D eigenvalue weighted by molar-refractivity contribution is 0.624. The van der Waals surface area contributed by atoms with Gasteiger partial charge >= 0.3 is 0 Å². The SMILES string of the molecule is Cc1ccc(F)cc1C(C)Cl. The topological polar surface area (TPSA) is 0 Å². The van der Waals surface area contributed by atoms with Crippen molar-refractivity contribution in [1.29, 1.82) is 0 Å². The van der Waals surface area contributed by atoms with Crippen LogP contribution in [0.1, 0.15) is 23.4 Å². The Morgan fingerprint density at radius 2 is 2.09 bits per heavy atom. The van der Waals surface area contributed by atoms with Gasteiger partial charge in [-0.15, -0.1) is 11.6 Å². The van der Waals surface area contributed by atoms with Gasteiger partial charge in [-0.2, -0.15) is 0 Å². The van der Waals surface area contributed by atoms with Crippen molar-refractivity contribution in [2.45, 2.75) is 19.2 Å². The van der Waals surface area contributed by atoms with E-state index in [4.69, 9.17) is 11.6 Å². The fraction of sp³-hybridized carbons (Fsp3) is 0.333. The van der Waals surface area contributed by atoms with Crippen molar-refractivity contribution in [3.8, 4) is 0 Å². The van der Waals surface area contributed by atoms with Gasteiger partial charge in [0.1, 0.15) is 5.82 Å². The van der Waals surface area contributed by atoms with Crippen LogP contribution >= 0.6 is 11.6 Å². The fourth-order valence-electron chi connectivity index (χ4n) is 1.04. The van der Waals surface area contributed by atoms with E-state index in [2.05, 4.69) is 0 Å². The van der Waals surface area contributed by atoms with Gasteiger partial charge in [-0.25, -0.2) is 4.39 Å². The van der Waals surface area contributed by atoms with E-state index in [0.29, 0.717) is 0 Å². The molecule has 1 unspecified atom stereocenters. The molecular formula is C9H10ClF. The van der Waals surface area contributed by atoms with Gasteiger partial charge in [0, 0.05) is 0 Å². The third kappa shape index (κ3) is 1.93. The molecule has 1 aromatic carbocycles. The summed E-state index contributed by atoms with van der Waals surface area (Å²) < 4.78 is 12.6. The smallest absolute Gasteiger partial charge is 0.123 e. The number of hydrogen-bond acceptors (Lipinski definition) is 0. The number of benzene rings is 1. The van der Waals surface area contributed by atoms with E-state index in [1.807, 2.05) is 13.8 Å². The summed E-state index contributed by atoms with van der Waals surface area (Å²) in [5.74, 6) is -0.224. The Morgan fingerprint density at radius 3 is 2.55 bits per heavy atom. The van der Waals surface area contributed by atoms with E-state index >= 15 is 0 Å². The Labute approximate surface area is 71.0 Å². The van der Waals surface area contributed by atoms with E-state index in [1.54, 1.807) is 6.07 Å². The highest BCUT2D eigenvalue weighted by molar-refractivity contribution is 6.20. The summed E-state index contributed by atoms with van der Waals surface area (Å²) in [7, 11) is 0. The van der Waals surface area contributed by atoms with Crippen molar-refractivity contribution in [2.24, 2.45) is 0 Å². The molecule has 1 rings (SSSR count). The van der Waals surface area contributed by atoms with Gasteiger partial charge in [0.25, 0.3) is 0 Å². The Morgan fingerprint density at radius 1 is 1.45 bits per heavy atom. The van der Waals surface area contributed by atoms with Crippen molar-refractivity contribution in [1.82, 2.24) is 0 Å². The highest BCUT2D eigenvalue weighted by atomic mass is 35.5. The number of alkyl halides is 1. The van der Waals surface area contributed by atoms with E-state index in [-0.39, 0.29) is 11.2 Å². The first kappa shape index (κ1) is 8.54. The zero-order valence-corrected chi connectivity index (χ0v) is 7.32. The number of halogens is 2. The summed E-state index contributed by atoms with van der Waals surface area (Å²) in [5.41, 5.74) is 1.90. The second kappa shape index (κ2) is 3.22. The zero-order valence-electron chi connectivity index (χ0n) is 6.57. The van der Waals surface area contributed by atoms with E-state index in [0.717, 1.165) is 11.1 Å². The summed E-state index contributed by atoms with van der Waals surface area (Å²) in [6.45, 7) is 3.76. The number of hydrogen-bond donors (Lipinski definition) is 0. The highest BCUT2D eigenvalue weighted by Crippen LogP contribution is 2.23. The summed E-state index contributed by atoms with van der Waals surface area (Å²) in [6.07, 6.45) is 0. The third-order valence-electron chi connectivity index (χ3n) is 1.67. The van der Waals surface area contributed by atoms with Gasteiger partial charge in [0.05, 0.1) is 5.38 Å². The van der Waals surface area contributed by atoms with Crippen molar-refractivity contribution >= 4 is 11.6 Å². The van der Waals surface area contributed by atoms with Gasteiger partial charge in [0.15, 0.2) is 0 Å². The minimum Gasteiger partial charge on any atom is -0.207 e. The first-order valence-corrected chi connectivity index (χ1v) is 3.95. The second-order valence-corrected chi connectivity index (χ2v) is 3.27. The van der Waals surface area contributed by atoms with Crippen LogP contribution in [0, 0.1) is 12.7 Å². The molecule has 0 nitrogen and oxygen atoms in total. The van der Waals surface area contributed by atoms with Crippen LogP contribution in [0.5, 0.6) is 0 Å². The predicted molar refractivity (Wildman–Crippen MR) is 45.4 cm³/mol. The maximum absolute atomic E-state index is 12.6. The summed E-state index contributed by atoms with van der Waals surface area (Å²) in [6, 6.07) is 4.66. The Balaban J connectivity index is 3.13. The lowest BCUT2D eigenvalue weighted by Gasteiger charge is -2.06. The van der Waals surface area contributed by atoms with Crippen LogP contribution in [-0.4, -0.2) is 0 Å². The molecular weight excluding hydrogens is 163 g/mol. The van der Waals surface area contributed by atoms with Crippen molar-refractivity contribution in [3.63, 3.8) is 0 Å². The maximum Gasteiger partial charge on any atom is 0.123 e. The molecule has 0 N–H and O–H groups in total. The molecule has 0 saturated carbocycles. The molecule has 11 heavy (non-hydrogen) atoms. The number of aryl methyl sites for hydroxylation is 1. The Bertz CT molecular complexity index is 256. The predicted octanol–water partition coefficient (Wildman–Crippen LogP) is 3.43. The Hall–Kier alpha value is -0.560. The lowest BCUT2D eigenvalue weighted by Crippen LogP contribution is -1.90. The molecule has 60 valence electrons. The van der Waals surface area contributed by atoms with Crippen LogP contribution in [-0.2, 0) is 0 Å². The van der Waals surface area contributed by atoms with Gasteiger partial charge in [0.2, 0.25) is 0 Å². The minimum absolute atomic E-state index is 0.120. The van der Waals surface area contributed by atoms with Crippen LogP contribution in [0.15, 0.2) is 18.2 Å². The van der Waals surface area contributed by atoms with Crippen LogP contribution in [0.3, 0.4) is 0 Å². The zero-order chi connectivity index (χ0) is 8.43. The normalized spacial score (nSPS) is 13.1. The molecule has 0 heterocycles. The first-order valence-electron chi connectivity index (χ1n) is 3.51. The minimum atomic E-state index is -0.224. The quantitative estimate of drug-likeness (QED) is 0.570. The molecule has 0 aliphatic heterocycles. The molecule has 0 spiro atoms. The molecule has 0 bridgehead atoms. The Kier molecular flexibility index (Phi) is 2.50. The molecule has 0 fully saturated rings. The van der Waals surface area contributed by atoms with E-state index < -0.39 is 0 Å². The van der Waals surface area contributed by atoms with Crippen LogP contribution < -0.4 is 0 Å². The molecule has 0 aliphatic rings. The summed E-state index contributed by atoms with van der Waals surface area (Å²) in [4.78, 5) is 0. The average molecular weight is 173 g/mol. The molecule has 0 radical (unpaired) electrons. The standard InChI is InChI=1S/C9H10ClF/c1-6-3-4-8(11)5-9(6)7(2)10/h3-5,7H,1-2H3. The monoisotopic (exact) mass is 172 g/mol. The molecule has 0 aliphatic carbocycles. The van der Waals surface area contributed by atoms with Gasteiger partial charge in [-0.3, -0.25) is 0 Å². The van der Waals surface area contributed by atoms with Crippen LogP contribution in [0.4, 0.5) is 4.39 Å². The van der Waals surface area contributed by atoms with Crippen molar-refractivity contribution in [2.75, 3.05) is 0 Å². The molecule has 0 amide bonds. The molecule has 1 atom stereocenters. The van der Waals surface area contributed by atoms with Crippen molar-refractivity contribution in [3.05, 3.63) is 35.1 Å². The molecule has 0 saturated heterocycles. The van der Waals surface area contributed by atoms with Crippen LogP contribution in [0.25, 0.3) is 0 Å². The second-order valence-electron chi connectivity index (χ2n) is 2.62. The third-order valence-corrected chi connectivity index (χ3v) is 1.90. The largest absolute Gasteiger partial charge is 0.207 e. The lowest BCUT2D eigenvalue weighted by atomic mass is 10.1. The van der Waals surface area contributed by atoms with E-state index in [9.17, 15) is 4.39 Å². The molecule has 2 heteroatoms. The summed E-state index contributed by atoms with van der Waals surface area (Å²) >= 11 is 5.81. The highest BCUT2D eigenvalue weighted by Gasteiger charge is 2.05. The van der Waals surface area contributed by atoms with Crippen molar-refractivity contribution < 1.29 is 4.39 Å². The van der Waals surface area contributed by atoms with Gasteiger partial charge in [-0.05, 0) is 37.1 Å².